The first kappa shape index (κ1) is 6.34. The van der Waals surface area contributed by atoms with E-state index < -0.39 is 0 Å². The van der Waals surface area contributed by atoms with Crippen molar-refractivity contribution in [1.29, 1.82) is 0 Å². The van der Waals surface area contributed by atoms with Crippen LogP contribution in [-0.2, 0) is 6.54 Å². The van der Waals surface area contributed by atoms with Crippen molar-refractivity contribution in [2.75, 3.05) is 0 Å². The summed E-state index contributed by atoms with van der Waals surface area (Å²) in [6, 6.07) is 3.94. The highest BCUT2D eigenvalue weighted by Crippen LogP contribution is 2.08. The number of rotatable bonds is 1. The van der Waals surface area contributed by atoms with Gasteiger partial charge in [0.1, 0.15) is 0 Å². The molecule has 3 nitrogen and oxygen atoms in total. The van der Waals surface area contributed by atoms with Crippen molar-refractivity contribution in [3.8, 4) is 0 Å². The highest BCUT2D eigenvalue weighted by atomic mass is 15.3. The molecule has 2 aromatic heterocycles. The van der Waals surface area contributed by atoms with Crippen LogP contribution in [0.2, 0.25) is 0 Å². The van der Waals surface area contributed by atoms with Crippen LogP contribution in [0.15, 0.2) is 24.5 Å². The van der Waals surface area contributed by atoms with Gasteiger partial charge in [-0.3, -0.25) is 0 Å². The SMILES string of the molecule is CCn1ncc2cccnc21. The minimum absolute atomic E-state index is 0.876. The fraction of sp³-hybridized carbons (Fsp3) is 0.250. The van der Waals surface area contributed by atoms with E-state index in [0.29, 0.717) is 0 Å². The molecule has 0 bridgehead atoms. The predicted molar refractivity (Wildman–Crippen MR) is 43.2 cm³/mol. The summed E-state index contributed by atoms with van der Waals surface area (Å²) in [7, 11) is 0. The Balaban J connectivity index is 2.76. The molecule has 0 saturated heterocycles. The van der Waals surface area contributed by atoms with Gasteiger partial charge in [-0.25, -0.2) is 9.67 Å². The smallest absolute Gasteiger partial charge is 0.157 e. The van der Waals surface area contributed by atoms with Gasteiger partial charge in [0.2, 0.25) is 0 Å². The third-order valence-corrected chi connectivity index (χ3v) is 1.70. The maximum Gasteiger partial charge on any atom is 0.157 e. The molecule has 0 atom stereocenters. The molecule has 11 heavy (non-hydrogen) atoms. The summed E-state index contributed by atoms with van der Waals surface area (Å²) in [6.45, 7) is 2.93. The molecular weight excluding hydrogens is 138 g/mol. The predicted octanol–water partition coefficient (Wildman–Crippen LogP) is 1.45. The van der Waals surface area contributed by atoms with Gasteiger partial charge in [0, 0.05) is 18.1 Å². The summed E-state index contributed by atoms with van der Waals surface area (Å²) in [5, 5.41) is 5.27. The number of aryl methyl sites for hydroxylation is 1. The Bertz CT molecular complexity index is 364. The molecule has 0 aliphatic carbocycles. The van der Waals surface area contributed by atoms with Crippen molar-refractivity contribution < 1.29 is 0 Å². The zero-order valence-electron chi connectivity index (χ0n) is 6.36. The second kappa shape index (κ2) is 2.34. The Labute approximate surface area is 64.7 Å². The van der Waals surface area contributed by atoms with Gasteiger partial charge in [-0.2, -0.15) is 5.10 Å². The van der Waals surface area contributed by atoms with E-state index in [9.17, 15) is 0 Å². The first-order chi connectivity index (χ1) is 5.42. The summed E-state index contributed by atoms with van der Waals surface area (Å²) >= 11 is 0. The molecule has 2 heterocycles. The lowest BCUT2D eigenvalue weighted by atomic mass is 10.4. The average molecular weight is 147 g/mol. The Morgan fingerprint density at radius 1 is 1.55 bits per heavy atom. The van der Waals surface area contributed by atoms with Crippen molar-refractivity contribution >= 4 is 11.0 Å². The number of nitrogens with zero attached hydrogens (tertiary/aromatic N) is 3. The van der Waals surface area contributed by atoms with Crippen molar-refractivity contribution in [2.24, 2.45) is 0 Å². The number of hydrogen-bond donors (Lipinski definition) is 0. The monoisotopic (exact) mass is 147 g/mol. The maximum absolute atomic E-state index is 4.21. The third-order valence-electron chi connectivity index (χ3n) is 1.70. The van der Waals surface area contributed by atoms with Crippen LogP contribution in [0, 0.1) is 0 Å². The van der Waals surface area contributed by atoms with E-state index in [2.05, 4.69) is 17.0 Å². The summed E-state index contributed by atoms with van der Waals surface area (Å²) in [5.41, 5.74) is 0.968. The van der Waals surface area contributed by atoms with Gasteiger partial charge < -0.3 is 0 Å². The zero-order chi connectivity index (χ0) is 7.68. The standard InChI is InChI=1S/C8H9N3/c1-2-11-8-7(6-10-11)4-3-5-9-8/h3-6H,2H2,1H3. The normalized spacial score (nSPS) is 10.6. The fourth-order valence-electron chi connectivity index (χ4n) is 1.14. The zero-order valence-corrected chi connectivity index (χ0v) is 6.36. The van der Waals surface area contributed by atoms with Crippen LogP contribution in [0.1, 0.15) is 6.92 Å². The topological polar surface area (TPSA) is 30.7 Å². The van der Waals surface area contributed by atoms with E-state index in [1.807, 2.05) is 23.0 Å². The Kier molecular flexibility index (Phi) is 1.35. The first-order valence-electron chi connectivity index (χ1n) is 3.68. The highest BCUT2D eigenvalue weighted by molar-refractivity contribution is 5.73. The lowest BCUT2D eigenvalue weighted by Gasteiger charge is -1.94. The van der Waals surface area contributed by atoms with E-state index >= 15 is 0 Å². The quantitative estimate of drug-likeness (QED) is 0.611. The molecule has 0 aliphatic rings. The van der Waals surface area contributed by atoms with Crippen LogP contribution in [-0.4, -0.2) is 14.8 Å². The van der Waals surface area contributed by atoms with E-state index in [0.717, 1.165) is 17.6 Å². The molecule has 0 aromatic carbocycles. The summed E-state index contributed by atoms with van der Waals surface area (Å²) in [5.74, 6) is 0. The highest BCUT2D eigenvalue weighted by Gasteiger charge is 1.98. The van der Waals surface area contributed by atoms with Gasteiger partial charge in [0.15, 0.2) is 5.65 Å². The van der Waals surface area contributed by atoms with E-state index in [-0.39, 0.29) is 0 Å². The van der Waals surface area contributed by atoms with Gasteiger partial charge >= 0.3 is 0 Å². The second-order valence-electron chi connectivity index (χ2n) is 2.38. The van der Waals surface area contributed by atoms with E-state index in [1.54, 1.807) is 6.20 Å². The van der Waals surface area contributed by atoms with Crippen LogP contribution >= 0.6 is 0 Å². The molecule has 2 aromatic rings. The van der Waals surface area contributed by atoms with Gasteiger partial charge in [-0.1, -0.05) is 0 Å². The Hall–Kier alpha value is -1.38. The number of pyridine rings is 1. The first-order valence-corrected chi connectivity index (χ1v) is 3.68. The number of aromatic nitrogens is 3. The summed E-state index contributed by atoms with van der Waals surface area (Å²) in [4.78, 5) is 4.21. The lowest BCUT2D eigenvalue weighted by Crippen LogP contribution is -1.96. The molecule has 0 radical (unpaired) electrons. The fourth-order valence-corrected chi connectivity index (χ4v) is 1.14. The maximum atomic E-state index is 4.21. The van der Waals surface area contributed by atoms with E-state index in [4.69, 9.17) is 0 Å². The van der Waals surface area contributed by atoms with Gasteiger partial charge in [-0.05, 0) is 19.1 Å². The lowest BCUT2D eigenvalue weighted by molar-refractivity contribution is 0.677. The molecule has 0 unspecified atom stereocenters. The van der Waals surface area contributed by atoms with E-state index in [1.165, 1.54) is 0 Å². The van der Waals surface area contributed by atoms with Crippen LogP contribution in [0.3, 0.4) is 0 Å². The van der Waals surface area contributed by atoms with Crippen LogP contribution in [0.5, 0.6) is 0 Å². The summed E-state index contributed by atoms with van der Waals surface area (Å²) < 4.78 is 1.88. The van der Waals surface area contributed by atoms with Crippen molar-refractivity contribution in [2.45, 2.75) is 13.5 Å². The molecule has 2 rings (SSSR count). The molecule has 0 fully saturated rings. The molecule has 0 saturated carbocycles. The minimum Gasteiger partial charge on any atom is -0.248 e. The third kappa shape index (κ3) is 0.888. The molecule has 0 N–H and O–H groups in total. The number of fused-ring (bicyclic) bond motifs is 1. The van der Waals surface area contributed by atoms with Crippen molar-refractivity contribution in [1.82, 2.24) is 14.8 Å². The van der Waals surface area contributed by atoms with Gasteiger partial charge in [-0.15, -0.1) is 0 Å². The average Bonchev–Trinajstić information content (AvgIpc) is 2.47. The Morgan fingerprint density at radius 2 is 2.45 bits per heavy atom. The molecule has 56 valence electrons. The second-order valence-corrected chi connectivity index (χ2v) is 2.38. The Morgan fingerprint density at radius 3 is 3.27 bits per heavy atom. The van der Waals surface area contributed by atoms with Crippen molar-refractivity contribution in [3.05, 3.63) is 24.5 Å². The van der Waals surface area contributed by atoms with Crippen LogP contribution in [0.4, 0.5) is 0 Å². The van der Waals surface area contributed by atoms with Gasteiger partial charge in [0.25, 0.3) is 0 Å². The molecule has 0 amide bonds. The van der Waals surface area contributed by atoms with Gasteiger partial charge in [0.05, 0.1) is 6.20 Å². The molecular formula is C8H9N3. The molecule has 0 aliphatic heterocycles. The molecule has 0 spiro atoms. The molecule has 3 heteroatoms. The number of hydrogen-bond acceptors (Lipinski definition) is 2. The van der Waals surface area contributed by atoms with Crippen LogP contribution < -0.4 is 0 Å². The largest absolute Gasteiger partial charge is 0.248 e. The minimum atomic E-state index is 0.876. The summed E-state index contributed by atoms with van der Waals surface area (Å²) in [6.07, 6.45) is 3.63. The van der Waals surface area contributed by atoms with Crippen molar-refractivity contribution in [3.63, 3.8) is 0 Å². The van der Waals surface area contributed by atoms with Crippen LogP contribution in [0.25, 0.3) is 11.0 Å².